The molecule has 1 aliphatic rings. The Bertz CT molecular complexity index is 420. The minimum absolute atomic E-state index is 0.0424. The highest BCUT2D eigenvalue weighted by Gasteiger charge is 2.26. The van der Waals surface area contributed by atoms with Gasteiger partial charge in [0.1, 0.15) is 0 Å². The fraction of sp³-hybridized carbons (Fsp3) is 0.583. The number of carbonyl (C=O) groups excluding carboxylic acids is 1. The Kier molecular flexibility index (Phi) is 5.20. The number of rotatable bonds is 4. The van der Waals surface area contributed by atoms with Gasteiger partial charge < -0.3 is 5.32 Å². The lowest BCUT2D eigenvalue weighted by Gasteiger charge is -2.25. The second kappa shape index (κ2) is 6.29. The van der Waals surface area contributed by atoms with Crippen LogP contribution in [-0.4, -0.2) is 27.9 Å². The summed E-state index contributed by atoms with van der Waals surface area (Å²) in [5, 5.41) is 4.56. The molecule has 0 spiro atoms. The quantitative estimate of drug-likeness (QED) is 0.761. The second-order valence-corrected chi connectivity index (χ2v) is 8.01. The van der Waals surface area contributed by atoms with Crippen LogP contribution in [0.15, 0.2) is 6.07 Å². The number of hydrogen-bond acceptors (Lipinski definition) is 3. The average molecular weight is 413 g/mol. The molecule has 0 aromatic carbocycles. The monoisotopic (exact) mass is 411 g/mol. The summed E-state index contributed by atoms with van der Waals surface area (Å²) in [7, 11) is 0. The zero-order valence-electron chi connectivity index (χ0n) is 10.1. The fourth-order valence-electron chi connectivity index (χ4n) is 1.70. The van der Waals surface area contributed by atoms with Crippen LogP contribution in [0.2, 0.25) is 0 Å². The Labute approximate surface area is 133 Å². The van der Waals surface area contributed by atoms with E-state index in [1.807, 2.05) is 18.7 Å². The maximum atomic E-state index is 12.2. The molecule has 0 saturated heterocycles. The van der Waals surface area contributed by atoms with Crippen LogP contribution in [0.4, 0.5) is 0 Å². The molecule has 2 heterocycles. The Morgan fingerprint density at radius 1 is 1.50 bits per heavy atom. The number of thiophene rings is 1. The van der Waals surface area contributed by atoms with Gasteiger partial charge in [-0.15, -0.1) is 11.3 Å². The van der Waals surface area contributed by atoms with E-state index < -0.39 is 0 Å². The van der Waals surface area contributed by atoms with E-state index in [4.69, 9.17) is 0 Å². The van der Waals surface area contributed by atoms with Gasteiger partial charge in [-0.05, 0) is 30.7 Å². The third kappa shape index (κ3) is 3.32. The second-order valence-electron chi connectivity index (χ2n) is 4.64. The van der Waals surface area contributed by atoms with E-state index >= 15 is 0 Å². The summed E-state index contributed by atoms with van der Waals surface area (Å²) in [5.41, 5.74) is 1.11. The molecule has 2 rings (SSSR count). The summed E-state index contributed by atoms with van der Waals surface area (Å²) >= 11 is 10.5. The van der Waals surface area contributed by atoms with Gasteiger partial charge in [0, 0.05) is 21.3 Å². The molecule has 0 unspecified atom stereocenters. The van der Waals surface area contributed by atoms with Crippen LogP contribution < -0.4 is 5.32 Å². The van der Waals surface area contributed by atoms with Gasteiger partial charge in [-0.3, -0.25) is 4.79 Å². The Morgan fingerprint density at radius 2 is 2.22 bits per heavy atom. The first-order valence-electron chi connectivity index (χ1n) is 5.72. The predicted octanol–water partition coefficient (Wildman–Crippen LogP) is 3.82. The van der Waals surface area contributed by atoms with Crippen LogP contribution in [0.5, 0.6) is 0 Å². The van der Waals surface area contributed by atoms with Crippen molar-refractivity contribution in [3.05, 3.63) is 21.4 Å². The lowest BCUT2D eigenvalue weighted by Crippen LogP contribution is -2.48. The smallest absolute Gasteiger partial charge is 0.261 e. The molecule has 0 fully saturated rings. The molecule has 6 heteroatoms. The minimum Gasteiger partial charge on any atom is -0.344 e. The molecule has 1 amide bonds. The lowest BCUT2D eigenvalue weighted by molar-refractivity contribution is 0.0927. The summed E-state index contributed by atoms with van der Waals surface area (Å²) in [4.78, 5) is 14.5. The average Bonchev–Trinajstić information content (AvgIpc) is 2.82. The van der Waals surface area contributed by atoms with Crippen LogP contribution in [0.25, 0.3) is 0 Å². The molecule has 0 bridgehead atoms. The van der Waals surface area contributed by atoms with Crippen LogP contribution >= 0.6 is 55.0 Å². The van der Waals surface area contributed by atoms with E-state index in [9.17, 15) is 4.79 Å². The van der Waals surface area contributed by atoms with Crippen molar-refractivity contribution in [1.29, 1.82) is 0 Å². The predicted molar refractivity (Wildman–Crippen MR) is 87.6 cm³/mol. The standard InChI is InChI=1S/C12H15Br2NOS2/c1-12(6-13,7-14)15-11(16)10-4-8-5-17-3-2-9(8)18-10/h4H,2-3,5-7H2,1H3,(H,15,16). The van der Waals surface area contributed by atoms with E-state index in [2.05, 4.69) is 43.2 Å². The molecule has 1 aliphatic heterocycles. The summed E-state index contributed by atoms with van der Waals surface area (Å²) in [5.74, 6) is 2.27. The van der Waals surface area contributed by atoms with Gasteiger partial charge in [-0.1, -0.05) is 31.9 Å². The summed E-state index contributed by atoms with van der Waals surface area (Å²) in [6.07, 6.45) is 1.10. The first kappa shape index (κ1) is 14.9. The molecular weight excluding hydrogens is 398 g/mol. The van der Waals surface area contributed by atoms with E-state index in [1.165, 1.54) is 16.2 Å². The first-order chi connectivity index (χ1) is 8.58. The molecule has 0 atom stereocenters. The topological polar surface area (TPSA) is 29.1 Å². The van der Waals surface area contributed by atoms with E-state index in [0.717, 1.165) is 27.7 Å². The molecular formula is C12H15Br2NOS2. The molecule has 1 N–H and O–H groups in total. The maximum absolute atomic E-state index is 12.2. The van der Waals surface area contributed by atoms with Crippen molar-refractivity contribution in [2.45, 2.75) is 24.6 Å². The number of thioether (sulfide) groups is 1. The number of alkyl halides is 2. The molecule has 0 saturated carbocycles. The zero-order chi connectivity index (χ0) is 13.2. The largest absolute Gasteiger partial charge is 0.344 e. The number of aryl methyl sites for hydroxylation is 1. The van der Waals surface area contributed by atoms with Crippen molar-refractivity contribution in [2.24, 2.45) is 0 Å². The highest BCUT2D eigenvalue weighted by molar-refractivity contribution is 9.09. The van der Waals surface area contributed by atoms with Gasteiger partial charge in [0.2, 0.25) is 0 Å². The van der Waals surface area contributed by atoms with Crippen molar-refractivity contribution >= 4 is 60.9 Å². The highest BCUT2D eigenvalue weighted by Crippen LogP contribution is 2.31. The van der Waals surface area contributed by atoms with Crippen LogP contribution in [-0.2, 0) is 12.2 Å². The molecule has 0 aliphatic carbocycles. The van der Waals surface area contributed by atoms with Crippen molar-refractivity contribution in [3.63, 3.8) is 0 Å². The van der Waals surface area contributed by atoms with Crippen molar-refractivity contribution in [2.75, 3.05) is 16.4 Å². The fourth-order valence-corrected chi connectivity index (χ4v) is 5.17. The summed E-state index contributed by atoms with van der Waals surface area (Å²) in [6.45, 7) is 2.03. The van der Waals surface area contributed by atoms with Gasteiger partial charge in [0.15, 0.2) is 0 Å². The lowest BCUT2D eigenvalue weighted by atomic mass is 10.1. The van der Waals surface area contributed by atoms with E-state index in [-0.39, 0.29) is 11.4 Å². The third-order valence-corrected chi connectivity index (χ3v) is 7.58. The maximum Gasteiger partial charge on any atom is 0.261 e. The van der Waals surface area contributed by atoms with Gasteiger partial charge in [-0.25, -0.2) is 0 Å². The number of hydrogen-bond donors (Lipinski definition) is 1. The molecule has 1 aromatic rings. The van der Waals surface area contributed by atoms with Crippen LogP contribution in [0.3, 0.4) is 0 Å². The SMILES string of the molecule is CC(CBr)(CBr)NC(=O)c1cc2c(s1)CCSC2. The Balaban J connectivity index is 2.11. The highest BCUT2D eigenvalue weighted by atomic mass is 79.9. The van der Waals surface area contributed by atoms with Crippen molar-refractivity contribution < 1.29 is 4.79 Å². The van der Waals surface area contributed by atoms with Gasteiger partial charge >= 0.3 is 0 Å². The number of carbonyl (C=O) groups is 1. The van der Waals surface area contributed by atoms with E-state index in [1.54, 1.807) is 11.3 Å². The number of fused-ring (bicyclic) bond motifs is 1. The molecule has 1 aromatic heterocycles. The first-order valence-corrected chi connectivity index (χ1v) is 9.93. The number of nitrogens with one attached hydrogen (secondary N) is 1. The zero-order valence-corrected chi connectivity index (χ0v) is 14.9. The van der Waals surface area contributed by atoms with Crippen LogP contribution in [0.1, 0.15) is 27.0 Å². The third-order valence-electron chi connectivity index (χ3n) is 2.86. The van der Waals surface area contributed by atoms with Gasteiger partial charge in [0.05, 0.1) is 10.4 Å². The molecule has 2 nitrogen and oxygen atoms in total. The normalized spacial score (nSPS) is 15.3. The van der Waals surface area contributed by atoms with E-state index in [0.29, 0.717) is 0 Å². The molecule has 100 valence electrons. The van der Waals surface area contributed by atoms with Gasteiger partial charge in [-0.2, -0.15) is 11.8 Å². The Hall–Kier alpha value is 0.480. The van der Waals surface area contributed by atoms with Crippen LogP contribution in [0, 0.1) is 0 Å². The number of halogens is 2. The van der Waals surface area contributed by atoms with Crippen molar-refractivity contribution in [1.82, 2.24) is 5.32 Å². The summed E-state index contributed by atoms with van der Waals surface area (Å²) in [6, 6.07) is 2.06. The molecule has 0 radical (unpaired) electrons. The minimum atomic E-state index is -0.240. The molecule has 18 heavy (non-hydrogen) atoms. The number of amides is 1. The van der Waals surface area contributed by atoms with Gasteiger partial charge in [0.25, 0.3) is 5.91 Å². The van der Waals surface area contributed by atoms with Crippen molar-refractivity contribution in [3.8, 4) is 0 Å². The Morgan fingerprint density at radius 3 is 2.83 bits per heavy atom. The summed E-state index contributed by atoms with van der Waals surface area (Å²) < 4.78 is 0.